The van der Waals surface area contributed by atoms with Crippen LogP contribution in [0.25, 0.3) is 0 Å². The van der Waals surface area contributed by atoms with Crippen LogP contribution in [0.5, 0.6) is 0 Å². The number of rotatable bonds is 7. The largest absolute Gasteiger partial charge is 0.305 e. The van der Waals surface area contributed by atoms with E-state index in [1.165, 1.54) is 23.3 Å². The fourth-order valence-corrected chi connectivity index (χ4v) is 4.86. The summed E-state index contributed by atoms with van der Waals surface area (Å²) in [4.78, 5) is 14.1. The number of carbonyl (C=O) groups excluding carboxylic acids is 1. The van der Waals surface area contributed by atoms with Crippen LogP contribution < -0.4 is 5.32 Å². The molecule has 3 atom stereocenters. The molecule has 2 aromatic rings. The molecule has 1 saturated carbocycles. The van der Waals surface area contributed by atoms with Crippen LogP contribution in [0.4, 0.5) is 0 Å². The van der Waals surface area contributed by atoms with Gasteiger partial charge in [-0.3, -0.25) is 4.79 Å². The Labute approximate surface area is 168 Å². The van der Waals surface area contributed by atoms with Crippen molar-refractivity contribution in [2.45, 2.75) is 74.6 Å². The lowest BCUT2D eigenvalue weighted by atomic mass is 9.81. The van der Waals surface area contributed by atoms with E-state index in [-0.39, 0.29) is 11.8 Å². The number of Topliss-reactive ketones (excluding diaryl/α,β-unsaturated/α-hetero) is 1. The number of hydrogen-bond donors (Lipinski definition) is 1. The summed E-state index contributed by atoms with van der Waals surface area (Å²) in [6, 6.07) is 19.1. The van der Waals surface area contributed by atoms with E-state index in [1.54, 1.807) is 0 Å². The van der Waals surface area contributed by atoms with Gasteiger partial charge in [0.25, 0.3) is 0 Å². The van der Waals surface area contributed by atoms with Crippen molar-refractivity contribution >= 4 is 17.5 Å². The molecule has 2 nitrogen and oxygen atoms in total. The Morgan fingerprint density at radius 2 is 1.70 bits per heavy atom. The van der Waals surface area contributed by atoms with E-state index in [9.17, 15) is 4.79 Å². The van der Waals surface area contributed by atoms with E-state index in [0.29, 0.717) is 17.2 Å². The first kappa shape index (κ1) is 20.2. The number of hydrogen-bond acceptors (Lipinski definition) is 3. The Hall–Kier alpha value is -1.58. The predicted molar refractivity (Wildman–Crippen MR) is 116 cm³/mol. The highest BCUT2D eigenvalue weighted by Gasteiger charge is 2.26. The molecule has 3 heteroatoms. The molecule has 1 unspecified atom stereocenters. The molecule has 1 fully saturated rings. The zero-order chi connectivity index (χ0) is 19.2. The van der Waals surface area contributed by atoms with Gasteiger partial charge in [0, 0.05) is 21.8 Å². The van der Waals surface area contributed by atoms with Gasteiger partial charge < -0.3 is 5.32 Å². The maximum absolute atomic E-state index is 12.8. The predicted octanol–water partition coefficient (Wildman–Crippen LogP) is 6.07. The Kier molecular flexibility index (Phi) is 7.14. The van der Waals surface area contributed by atoms with Gasteiger partial charge in [0.15, 0.2) is 5.78 Å². The second-order valence-electron chi connectivity index (χ2n) is 7.91. The molecule has 0 aromatic heterocycles. The van der Waals surface area contributed by atoms with Gasteiger partial charge in [0.1, 0.15) is 0 Å². The summed E-state index contributed by atoms with van der Waals surface area (Å²) in [5.41, 5.74) is 2.24. The van der Waals surface area contributed by atoms with Crippen molar-refractivity contribution in [1.29, 1.82) is 0 Å². The third-order valence-electron chi connectivity index (χ3n) is 5.33. The van der Waals surface area contributed by atoms with Gasteiger partial charge in [-0.25, -0.2) is 0 Å². The molecule has 0 spiro atoms. The van der Waals surface area contributed by atoms with Crippen LogP contribution in [0.15, 0.2) is 59.5 Å². The van der Waals surface area contributed by atoms with Crippen LogP contribution in [0, 0.1) is 0 Å². The number of carbonyl (C=O) groups is 1. The Bertz CT molecular complexity index is 726. The van der Waals surface area contributed by atoms with Crippen molar-refractivity contribution in [2.75, 3.05) is 0 Å². The van der Waals surface area contributed by atoms with E-state index in [1.807, 2.05) is 30.8 Å². The van der Waals surface area contributed by atoms with E-state index < -0.39 is 0 Å². The Morgan fingerprint density at radius 1 is 1.00 bits per heavy atom. The SMILES string of the molecule is CC(C)Sc1ccc(C(=O)C(C)N[C@@H]2CCC[C@H](c3ccccc3)C2)cc1. The average molecular weight is 382 g/mol. The Morgan fingerprint density at radius 3 is 2.37 bits per heavy atom. The third-order valence-corrected chi connectivity index (χ3v) is 6.35. The van der Waals surface area contributed by atoms with Crippen LogP contribution in [-0.4, -0.2) is 23.1 Å². The summed E-state index contributed by atoms with van der Waals surface area (Å²) in [6.45, 7) is 6.37. The highest BCUT2D eigenvalue weighted by molar-refractivity contribution is 7.99. The monoisotopic (exact) mass is 381 g/mol. The molecule has 0 bridgehead atoms. The number of nitrogens with one attached hydrogen (secondary N) is 1. The molecule has 27 heavy (non-hydrogen) atoms. The van der Waals surface area contributed by atoms with Gasteiger partial charge in [-0.2, -0.15) is 0 Å². The normalized spacial score (nSPS) is 21.2. The molecular weight excluding hydrogens is 350 g/mol. The first-order valence-corrected chi connectivity index (χ1v) is 11.0. The highest BCUT2D eigenvalue weighted by atomic mass is 32.2. The van der Waals surface area contributed by atoms with Crippen LogP contribution in [0.3, 0.4) is 0 Å². The molecule has 1 aliphatic carbocycles. The Balaban J connectivity index is 1.57. The maximum atomic E-state index is 12.8. The lowest BCUT2D eigenvalue weighted by Crippen LogP contribution is -2.43. The minimum absolute atomic E-state index is 0.145. The summed E-state index contributed by atoms with van der Waals surface area (Å²) in [7, 11) is 0. The van der Waals surface area contributed by atoms with Crippen molar-refractivity contribution in [2.24, 2.45) is 0 Å². The third kappa shape index (κ3) is 5.70. The molecule has 0 radical (unpaired) electrons. The highest BCUT2D eigenvalue weighted by Crippen LogP contribution is 2.33. The molecule has 1 N–H and O–H groups in total. The minimum atomic E-state index is -0.145. The second-order valence-corrected chi connectivity index (χ2v) is 9.56. The van der Waals surface area contributed by atoms with Crippen molar-refractivity contribution in [3.63, 3.8) is 0 Å². The van der Waals surface area contributed by atoms with Crippen molar-refractivity contribution in [3.8, 4) is 0 Å². The lowest BCUT2D eigenvalue weighted by molar-refractivity contribution is 0.0939. The first-order chi connectivity index (χ1) is 13.0. The zero-order valence-electron chi connectivity index (χ0n) is 16.7. The number of thioether (sulfide) groups is 1. The summed E-state index contributed by atoms with van der Waals surface area (Å²) in [6.07, 6.45) is 4.75. The molecule has 0 heterocycles. The summed E-state index contributed by atoms with van der Waals surface area (Å²) >= 11 is 1.83. The van der Waals surface area contributed by atoms with E-state index in [2.05, 4.69) is 61.6 Å². The second kappa shape index (κ2) is 9.57. The number of ketones is 1. The summed E-state index contributed by atoms with van der Waals surface area (Å²) in [5.74, 6) is 0.796. The molecule has 1 aliphatic rings. The lowest BCUT2D eigenvalue weighted by Gasteiger charge is -2.32. The van der Waals surface area contributed by atoms with Crippen LogP contribution >= 0.6 is 11.8 Å². The van der Waals surface area contributed by atoms with Crippen molar-refractivity contribution < 1.29 is 4.79 Å². The standard InChI is InChI=1S/C24H31NOS/c1-17(2)27-23-14-12-20(13-15-23)24(26)18(3)25-22-11-7-10-21(16-22)19-8-5-4-6-9-19/h4-6,8-9,12-15,17-18,21-22,25H,7,10-11,16H2,1-3H3/t18?,21-,22+/m0/s1. The van der Waals surface area contributed by atoms with Gasteiger partial charge in [0.2, 0.25) is 0 Å². The van der Waals surface area contributed by atoms with Crippen molar-refractivity contribution in [1.82, 2.24) is 5.32 Å². The van der Waals surface area contributed by atoms with Gasteiger partial charge in [0.05, 0.1) is 6.04 Å². The molecule has 0 amide bonds. The molecule has 3 rings (SSSR count). The molecular formula is C24H31NOS. The van der Waals surface area contributed by atoms with Gasteiger partial charge in [-0.15, -0.1) is 11.8 Å². The molecule has 0 aliphatic heterocycles. The summed E-state index contributed by atoms with van der Waals surface area (Å²) < 4.78 is 0. The smallest absolute Gasteiger partial charge is 0.179 e. The fraction of sp³-hybridized carbons (Fsp3) is 0.458. The summed E-state index contributed by atoms with van der Waals surface area (Å²) in [5, 5.41) is 4.16. The topological polar surface area (TPSA) is 29.1 Å². The van der Waals surface area contributed by atoms with Crippen molar-refractivity contribution in [3.05, 3.63) is 65.7 Å². The van der Waals surface area contributed by atoms with E-state index in [0.717, 1.165) is 18.4 Å². The van der Waals surface area contributed by atoms with E-state index >= 15 is 0 Å². The van der Waals surface area contributed by atoms with Gasteiger partial charge in [-0.05, 0) is 49.8 Å². The van der Waals surface area contributed by atoms with Crippen LogP contribution in [-0.2, 0) is 0 Å². The molecule has 144 valence electrons. The van der Waals surface area contributed by atoms with Crippen LogP contribution in [0.2, 0.25) is 0 Å². The van der Waals surface area contributed by atoms with Crippen LogP contribution in [0.1, 0.15) is 68.3 Å². The average Bonchev–Trinajstić information content (AvgIpc) is 2.68. The molecule has 2 aromatic carbocycles. The van der Waals surface area contributed by atoms with Gasteiger partial charge >= 0.3 is 0 Å². The zero-order valence-corrected chi connectivity index (χ0v) is 17.5. The first-order valence-electron chi connectivity index (χ1n) is 10.1. The quantitative estimate of drug-likeness (QED) is 0.466. The fourth-order valence-electron chi connectivity index (χ4n) is 4.02. The number of benzene rings is 2. The maximum Gasteiger partial charge on any atom is 0.179 e. The molecule has 0 saturated heterocycles. The minimum Gasteiger partial charge on any atom is -0.305 e. The van der Waals surface area contributed by atoms with Gasteiger partial charge in [-0.1, -0.05) is 62.7 Å². The van der Waals surface area contributed by atoms with E-state index in [4.69, 9.17) is 0 Å².